The molecular formula is C24H40N2O8. The number of aliphatic hydroxyl groups is 2. The van der Waals surface area contributed by atoms with Crippen LogP contribution >= 0.6 is 0 Å². The topological polar surface area (TPSA) is 151 Å². The number of esters is 2. The highest BCUT2D eigenvalue weighted by molar-refractivity contribution is 5.76. The van der Waals surface area contributed by atoms with Gasteiger partial charge >= 0.3 is 11.9 Å². The molecule has 34 heavy (non-hydrogen) atoms. The van der Waals surface area contributed by atoms with Crippen molar-refractivity contribution in [1.29, 1.82) is 0 Å². The smallest absolute Gasteiger partial charge is 0.315 e. The summed E-state index contributed by atoms with van der Waals surface area (Å²) in [5, 5.41) is 24.7. The third-order valence-electron chi connectivity index (χ3n) is 7.04. The van der Waals surface area contributed by atoms with Crippen LogP contribution in [-0.2, 0) is 28.7 Å². The number of carbonyl (C=O) groups excluding carboxylic acids is 4. The van der Waals surface area contributed by atoms with Gasteiger partial charge in [0.25, 0.3) is 0 Å². The fourth-order valence-corrected chi connectivity index (χ4v) is 4.99. The van der Waals surface area contributed by atoms with E-state index < -0.39 is 42.7 Å². The average Bonchev–Trinajstić information content (AvgIpc) is 2.84. The molecular weight excluding hydrogens is 444 g/mol. The van der Waals surface area contributed by atoms with Crippen molar-refractivity contribution in [3.05, 3.63) is 0 Å². The Labute approximate surface area is 201 Å². The number of hydrogen-bond donors (Lipinski definition) is 4. The lowest BCUT2D eigenvalue weighted by atomic mass is 9.86. The molecule has 0 aromatic carbocycles. The second-order valence-corrected chi connectivity index (χ2v) is 9.40. The van der Waals surface area contributed by atoms with Gasteiger partial charge in [-0.25, -0.2) is 0 Å². The minimum absolute atomic E-state index is 0.0443. The van der Waals surface area contributed by atoms with Gasteiger partial charge in [0.05, 0.1) is 19.1 Å². The second-order valence-electron chi connectivity index (χ2n) is 9.40. The van der Waals surface area contributed by atoms with Crippen LogP contribution in [0.25, 0.3) is 0 Å². The predicted molar refractivity (Wildman–Crippen MR) is 122 cm³/mol. The van der Waals surface area contributed by atoms with Gasteiger partial charge in [0, 0.05) is 0 Å². The normalized spacial score (nSPS) is 19.5. The van der Waals surface area contributed by atoms with Crippen LogP contribution in [0.1, 0.15) is 83.5 Å². The number of amides is 2. The van der Waals surface area contributed by atoms with Crippen LogP contribution in [0, 0.1) is 11.8 Å². The fourth-order valence-electron chi connectivity index (χ4n) is 4.99. The van der Waals surface area contributed by atoms with Crippen molar-refractivity contribution < 1.29 is 38.9 Å². The van der Waals surface area contributed by atoms with Crippen LogP contribution in [-0.4, -0.2) is 66.1 Å². The number of aliphatic hydroxyl groups excluding tert-OH is 2. The molecule has 0 aliphatic heterocycles. The number of rotatable bonds is 15. The Bertz CT molecular complexity index is 637. The summed E-state index contributed by atoms with van der Waals surface area (Å²) >= 11 is 0. The maximum Gasteiger partial charge on any atom is 0.315 e. The zero-order chi connectivity index (χ0) is 24.8. The van der Waals surface area contributed by atoms with Crippen molar-refractivity contribution in [2.24, 2.45) is 11.8 Å². The number of nitrogens with one attached hydrogen (secondary N) is 2. The zero-order valence-corrected chi connectivity index (χ0v) is 19.9. The summed E-state index contributed by atoms with van der Waals surface area (Å²) in [5.74, 6) is -3.16. The molecule has 0 aromatic rings. The number of carbonyl (C=O) groups is 4. The van der Waals surface area contributed by atoms with Crippen molar-refractivity contribution in [2.45, 2.75) is 101 Å². The molecule has 2 rings (SSSR count). The van der Waals surface area contributed by atoms with E-state index >= 15 is 0 Å². The van der Waals surface area contributed by atoms with Gasteiger partial charge in [-0.3, -0.25) is 19.2 Å². The summed E-state index contributed by atoms with van der Waals surface area (Å²) in [6, 6.07) is 0. The Morgan fingerprint density at radius 1 is 0.824 bits per heavy atom. The molecule has 4 N–H and O–H groups in total. The molecule has 2 amide bonds. The summed E-state index contributed by atoms with van der Waals surface area (Å²) in [7, 11) is 0. The molecule has 0 radical (unpaired) electrons. The Kier molecular flexibility index (Phi) is 12.3. The van der Waals surface area contributed by atoms with Gasteiger partial charge in [0.1, 0.15) is 23.8 Å². The molecule has 0 unspecified atom stereocenters. The van der Waals surface area contributed by atoms with E-state index in [0.29, 0.717) is 12.8 Å². The van der Waals surface area contributed by atoms with Gasteiger partial charge in [-0.15, -0.1) is 0 Å². The molecule has 2 fully saturated rings. The van der Waals surface area contributed by atoms with Crippen molar-refractivity contribution in [3.63, 3.8) is 0 Å². The fraction of sp³-hybridized carbons (Fsp3) is 0.833. The lowest BCUT2D eigenvalue weighted by Gasteiger charge is -2.39. The molecule has 10 nitrogen and oxygen atoms in total. The maximum absolute atomic E-state index is 12.9. The first kappa shape index (κ1) is 28.0. The molecule has 0 heterocycles. The molecule has 2 aliphatic carbocycles. The number of ether oxygens (including phenoxy) is 2. The largest absolute Gasteiger partial charge is 0.462 e. The SMILES string of the molecule is O=CNC(CCC[C@H](CO)C(=O)OC1CCCCC1)(NC=O)[C@H](CO)C(=O)OC1CCCCC1. The first-order valence-electron chi connectivity index (χ1n) is 12.5. The van der Waals surface area contributed by atoms with Gasteiger partial charge in [0.2, 0.25) is 12.8 Å². The highest BCUT2D eigenvalue weighted by Crippen LogP contribution is 2.28. The summed E-state index contributed by atoms with van der Waals surface area (Å²) in [6.07, 6.45) is 10.1. The molecule has 0 saturated heterocycles. The van der Waals surface area contributed by atoms with Gasteiger partial charge in [-0.05, 0) is 70.6 Å². The lowest BCUT2D eigenvalue weighted by molar-refractivity contribution is -0.163. The van der Waals surface area contributed by atoms with Crippen LogP contribution in [0.4, 0.5) is 0 Å². The second kappa shape index (κ2) is 14.9. The van der Waals surface area contributed by atoms with Gasteiger partial charge in [-0.1, -0.05) is 12.8 Å². The molecule has 0 spiro atoms. The standard InChI is InChI=1S/C24H40N2O8/c27-14-18(22(31)33-19-9-3-1-4-10-19)8-7-13-24(25-16-29,26-17-30)21(15-28)23(32)34-20-11-5-2-6-12-20/h16-21,27-28H,1-15H2,(H,25,29)(H,26,30)/t18-,21-/m1/s1. The Morgan fingerprint density at radius 2 is 1.32 bits per heavy atom. The predicted octanol–water partition coefficient (Wildman–Crippen LogP) is 1.31. The molecule has 2 aliphatic rings. The Balaban J connectivity index is 2.02. The summed E-state index contributed by atoms with van der Waals surface area (Å²) in [4.78, 5) is 48.2. The van der Waals surface area contributed by atoms with Gasteiger partial charge < -0.3 is 30.3 Å². The van der Waals surface area contributed by atoms with Crippen molar-refractivity contribution in [2.75, 3.05) is 13.2 Å². The Hall–Kier alpha value is -2.20. The molecule has 0 aromatic heterocycles. The summed E-state index contributed by atoms with van der Waals surface area (Å²) < 4.78 is 11.1. The molecule has 0 bridgehead atoms. The summed E-state index contributed by atoms with van der Waals surface area (Å²) in [6.45, 7) is -1.05. The first-order valence-corrected chi connectivity index (χ1v) is 12.5. The van der Waals surface area contributed by atoms with Crippen molar-refractivity contribution in [1.82, 2.24) is 10.6 Å². The van der Waals surface area contributed by atoms with Crippen LogP contribution in [0.5, 0.6) is 0 Å². The third kappa shape index (κ3) is 8.23. The van der Waals surface area contributed by atoms with Crippen LogP contribution in [0.3, 0.4) is 0 Å². The van der Waals surface area contributed by atoms with E-state index in [0.717, 1.165) is 64.2 Å². The van der Waals surface area contributed by atoms with Gasteiger partial charge in [0.15, 0.2) is 0 Å². The van der Waals surface area contributed by atoms with Crippen molar-refractivity contribution >= 4 is 24.8 Å². The zero-order valence-electron chi connectivity index (χ0n) is 19.9. The highest BCUT2D eigenvalue weighted by Gasteiger charge is 2.44. The molecule has 2 saturated carbocycles. The third-order valence-corrected chi connectivity index (χ3v) is 7.04. The quantitative estimate of drug-likeness (QED) is 0.154. The van der Waals surface area contributed by atoms with E-state index in [9.17, 15) is 29.4 Å². The van der Waals surface area contributed by atoms with E-state index in [1.54, 1.807) is 0 Å². The van der Waals surface area contributed by atoms with E-state index in [-0.39, 0.29) is 31.5 Å². The summed E-state index contributed by atoms with van der Waals surface area (Å²) in [5.41, 5.74) is -1.59. The van der Waals surface area contributed by atoms with Crippen molar-refractivity contribution in [3.8, 4) is 0 Å². The van der Waals surface area contributed by atoms with Gasteiger partial charge in [-0.2, -0.15) is 0 Å². The van der Waals surface area contributed by atoms with E-state index in [1.165, 1.54) is 0 Å². The van der Waals surface area contributed by atoms with Crippen LogP contribution in [0.15, 0.2) is 0 Å². The monoisotopic (exact) mass is 484 g/mol. The average molecular weight is 485 g/mol. The highest BCUT2D eigenvalue weighted by atomic mass is 16.5. The van der Waals surface area contributed by atoms with E-state index in [1.807, 2.05) is 0 Å². The van der Waals surface area contributed by atoms with Crippen LogP contribution in [0.2, 0.25) is 0 Å². The molecule has 194 valence electrons. The minimum Gasteiger partial charge on any atom is -0.462 e. The van der Waals surface area contributed by atoms with E-state index in [2.05, 4.69) is 10.6 Å². The van der Waals surface area contributed by atoms with Crippen LogP contribution < -0.4 is 10.6 Å². The minimum atomic E-state index is -1.59. The Morgan fingerprint density at radius 3 is 1.76 bits per heavy atom. The first-order chi connectivity index (χ1) is 16.5. The maximum atomic E-state index is 12.9. The number of hydrogen-bond acceptors (Lipinski definition) is 8. The lowest BCUT2D eigenvalue weighted by Crippen LogP contribution is -2.64. The molecule has 2 atom stereocenters. The molecule has 10 heteroatoms. The van der Waals surface area contributed by atoms with E-state index in [4.69, 9.17) is 9.47 Å².